The van der Waals surface area contributed by atoms with Crippen molar-refractivity contribution < 1.29 is 0 Å². The van der Waals surface area contributed by atoms with Crippen LogP contribution in [0.5, 0.6) is 0 Å². The van der Waals surface area contributed by atoms with E-state index in [1.54, 1.807) is 0 Å². The summed E-state index contributed by atoms with van der Waals surface area (Å²) >= 11 is 0. The van der Waals surface area contributed by atoms with Gasteiger partial charge in [-0.1, -0.05) is 13.8 Å². The summed E-state index contributed by atoms with van der Waals surface area (Å²) < 4.78 is 0. The lowest BCUT2D eigenvalue weighted by atomic mass is 9.88. The van der Waals surface area contributed by atoms with Crippen molar-refractivity contribution >= 4 is 0 Å². The largest absolute Gasteiger partial charge is 0.316 e. The minimum atomic E-state index is 0.741. The van der Waals surface area contributed by atoms with Crippen LogP contribution in [0.25, 0.3) is 0 Å². The number of piperazine rings is 1. The van der Waals surface area contributed by atoms with Crippen LogP contribution < -0.4 is 5.32 Å². The molecule has 0 bridgehead atoms. The number of hydrogen-bond acceptors (Lipinski definition) is 3. The highest BCUT2D eigenvalue weighted by atomic mass is 15.3. The highest BCUT2D eigenvalue weighted by Gasteiger charge is 2.28. The van der Waals surface area contributed by atoms with Crippen molar-refractivity contribution in [3.63, 3.8) is 0 Å². The van der Waals surface area contributed by atoms with Gasteiger partial charge in [0.1, 0.15) is 0 Å². The van der Waals surface area contributed by atoms with Gasteiger partial charge in [-0.2, -0.15) is 0 Å². The summed E-state index contributed by atoms with van der Waals surface area (Å²) in [7, 11) is 0. The molecule has 16 heavy (non-hydrogen) atoms. The molecule has 0 spiro atoms. The number of nitrogens with zero attached hydrogens (tertiary/aromatic N) is 2. The first kappa shape index (κ1) is 12.3. The quantitative estimate of drug-likeness (QED) is 0.766. The minimum Gasteiger partial charge on any atom is -0.316 e. The van der Waals surface area contributed by atoms with Crippen LogP contribution in [0.4, 0.5) is 0 Å². The van der Waals surface area contributed by atoms with Gasteiger partial charge < -0.3 is 10.2 Å². The van der Waals surface area contributed by atoms with Crippen LogP contribution in [0.1, 0.15) is 20.8 Å². The Hall–Kier alpha value is -0.120. The van der Waals surface area contributed by atoms with Crippen LogP contribution in [0.15, 0.2) is 0 Å². The van der Waals surface area contributed by atoms with Gasteiger partial charge in [-0.15, -0.1) is 0 Å². The lowest BCUT2D eigenvalue weighted by molar-refractivity contribution is 0.0662. The zero-order valence-electron chi connectivity index (χ0n) is 11.1. The molecule has 2 aliphatic heterocycles. The second kappa shape index (κ2) is 5.48. The van der Waals surface area contributed by atoms with Gasteiger partial charge in [0.25, 0.3) is 0 Å². The fraction of sp³-hybridized carbons (Fsp3) is 1.00. The summed E-state index contributed by atoms with van der Waals surface area (Å²) in [6.07, 6.45) is 0. The van der Waals surface area contributed by atoms with E-state index in [9.17, 15) is 0 Å². The monoisotopic (exact) mass is 225 g/mol. The van der Waals surface area contributed by atoms with Gasteiger partial charge in [-0.3, -0.25) is 4.90 Å². The van der Waals surface area contributed by atoms with Crippen LogP contribution in [0.2, 0.25) is 0 Å². The lowest BCUT2D eigenvalue weighted by Gasteiger charge is -2.42. The Morgan fingerprint density at radius 1 is 1.31 bits per heavy atom. The third-order valence-electron chi connectivity index (χ3n) is 4.42. The number of likely N-dealkylation sites (N-methyl/N-ethyl adjacent to an activating group) is 1. The van der Waals surface area contributed by atoms with Crippen molar-refractivity contribution in [1.29, 1.82) is 0 Å². The van der Waals surface area contributed by atoms with Crippen LogP contribution in [0, 0.1) is 11.8 Å². The molecule has 3 heteroatoms. The zero-order valence-corrected chi connectivity index (χ0v) is 11.1. The molecule has 2 fully saturated rings. The summed E-state index contributed by atoms with van der Waals surface area (Å²) in [6, 6.07) is 0.741. The Labute approximate surface area is 100 Å². The summed E-state index contributed by atoms with van der Waals surface area (Å²) in [6.45, 7) is 15.8. The van der Waals surface area contributed by atoms with Crippen molar-refractivity contribution in [2.45, 2.75) is 26.8 Å². The first-order valence-electron chi connectivity index (χ1n) is 6.87. The number of nitrogens with one attached hydrogen (secondary N) is 1. The first-order chi connectivity index (χ1) is 7.70. The molecule has 2 saturated heterocycles. The molecule has 2 rings (SSSR count). The fourth-order valence-corrected chi connectivity index (χ4v) is 2.98. The van der Waals surface area contributed by atoms with Crippen LogP contribution in [-0.4, -0.2) is 61.7 Å². The summed E-state index contributed by atoms with van der Waals surface area (Å²) in [5.74, 6) is 1.79. The van der Waals surface area contributed by atoms with Crippen molar-refractivity contribution in [3.8, 4) is 0 Å². The van der Waals surface area contributed by atoms with E-state index in [1.807, 2.05) is 0 Å². The molecule has 0 aromatic heterocycles. The summed E-state index contributed by atoms with van der Waals surface area (Å²) in [5, 5.41) is 3.38. The smallest absolute Gasteiger partial charge is 0.0195 e. The van der Waals surface area contributed by atoms with Crippen molar-refractivity contribution in [2.24, 2.45) is 11.8 Å². The SMILES string of the molecule is CCN1CCN(CC(C)C2CNC2)CC1C. The van der Waals surface area contributed by atoms with Crippen molar-refractivity contribution in [2.75, 3.05) is 45.8 Å². The van der Waals surface area contributed by atoms with Crippen LogP contribution in [0.3, 0.4) is 0 Å². The molecule has 0 aromatic rings. The summed E-state index contributed by atoms with van der Waals surface area (Å²) in [4.78, 5) is 5.26. The Morgan fingerprint density at radius 2 is 2.06 bits per heavy atom. The molecule has 0 aromatic carbocycles. The Morgan fingerprint density at radius 3 is 2.56 bits per heavy atom. The van der Waals surface area contributed by atoms with Crippen molar-refractivity contribution in [1.82, 2.24) is 15.1 Å². The maximum absolute atomic E-state index is 3.38. The maximum Gasteiger partial charge on any atom is 0.0195 e. The average molecular weight is 225 g/mol. The van der Waals surface area contributed by atoms with E-state index in [-0.39, 0.29) is 0 Å². The molecule has 2 atom stereocenters. The third-order valence-corrected chi connectivity index (χ3v) is 4.42. The summed E-state index contributed by atoms with van der Waals surface area (Å²) in [5.41, 5.74) is 0. The standard InChI is InChI=1S/C13H27N3/c1-4-16-6-5-15(10-12(16)3)9-11(2)13-7-14-8-13/h11-14H,4-10H2,1-3H3. The van der Waals surface area contributed by atoms with Gasteiger partial charge in [0.15, 0.2) is 0 Å². The number of rotatable bonds is 4. The predicted octanol–water partition coefficient (Wildman–Crippen LogP) is 0.868. The lowest BCUT2D eigenvalue weighted by Crippen LogP contribution is -2.54. The van der Waals surface area contributed by atoms with E-state index >= 15 is 0 Å². The molecule has 0 aliphatic carbocycles. The molecule has 1 N–H and O–H groups in total. The molecule has 2 heterocycles. The number of hydrogen-bond donors (Lipinski definition) is 1. The van der Waals surface area contributed by atoms with Gasteiger partial charge in [0.2, 0.25) is 0 Å². The van der Waals surface area contributed by atoms with E-state index < -0.39 is 0 Å². The van der Waals surface area contributed by atoms with E-state index in [2.05, 4.69) is 35.9 Å². The van der Waals surface area contributed by atoms with Crippen LogP contribution in [-0.2, 0) is 0 Å². The van der Waals surface area contributed by atoms with Gasteiger partial charge >= 0.3 is 0 Å². The Balaban J connectivity index is 1.74. The van der Waals surface area contributed by atoms with E-state index in [1.165, 1.54) is 45.8 Å². The van der Waals surface area contributed by atoms with Gasteiger partial charge in [0, 0.05) is 32.2 Å². The molecule has 0 saturated carbocycles. The van der Waals surface area contributed by atoms with Gasteiger partial charge in [-0.25, -0.2) is 0 Å². The molecule has 0 radical (unpaired) electrons. The third kappa shape index (κ3) is 2.76. The normalized spacial score (nSPS) is 31.3. The van der Waals surface area contributed by atoms with Crippen LogP contribution >= 0.6 is 0 Å². The maximum atomic E-state index is 3.38. The average Bonchev–Trinajstić information content (AvgIpc) is 2.15. The van der Waals surface area contributed by atoms with E-state index in [0.717, 1.165) is 17.9 Å². The highest BCUT2D eigenvalue weighted by Crippen LogP contribution is 2.19. The molecule has 3 nitrogen and oxygen atoms in total. The first-order valence-corrected chi connectivity index (χ1v) is 6.87. The molecule has 2 aliphatic rings. The predicted molar refractivity (Wildman–Crippen MR) is 68.7 cm³/mol. The second-order valence-corrected chi connectivity index (χ2v) is 5.63. The van der Waals surface area contributed by atoms with Gasteiger partial charge in [-0.05, 0) is 38.4 Å². The molecular weight excluding hydrogens is 198 g/mol. The fourth-order valence-electron chi connectivity index (χ4n) is 2.98. The van der Waals surface area contributed by atoms with Gasteiger partial charge in [0.05, 0.1) is 0 Å². The molecule has 2 unspecified atom stereocenters. The topological polar surface area (TPSA) is 18.5 Å². The Bertz CT molecular complexity index is 215. The zero-order chi connectivity index (χ0) is 11.5. The minimum absolute atomic E-state index is 0.741. The Kier molecular flexibility index (Phi) is 4.22. The van der Waals surface area contributed by atoms with E-state index in [0.29, 0.717) is 0 Å². The molecule has 0 amide bonds. The molecule has 94 valence electrons. The highest BCUT2D eigenvalue weighted by molar-refractivity contribution is 4.84. The van der Waals surface area contributed by atoms with E-state index in [4.69, 9.17) is 0 Å². The molecular formula is C13H27N3. The van der Waals surface area contributed by atoms with Crippen molar-refractivity contribution in [3.05, 3.63) is 0 Å². The second-order valence-electron chi connectivity index (χ2n) is 5.63.